The Morgan fingerprint density at radius 3 is 2.67 bits per heavy atom. The van der Waals surface area contributed by atoms with Crippen molar-refractivity contribution >= 4 is 11.4 Å². The van der Waals surface area contributed by atoms with Crippen molar-refractivity contribution in [2.24, 2.45) is 0 Å². The minimum atomic E-state index is -0.205. The van der Waals surface area contributed by atoms with E-state index in [9.17, 15) is 4.39 Å². The number of rotatable bonds is 7. The molecule has 1 aromatic carbocycles. The average Bonchev–Trinajstić information content (AvgIpc) is 2.51. The Labute approximate surface area is 125 Å². The summed E-state index contributed by atoms with van der Waals surface area (Å²) in [6.45, 7) is 6.55. The van der Waals surface area contributed by atoms with Gasteiger partial charge in [-0.3, -0.25) is 4.98 Å². The standard InChI is InChI=1S/C17H22FN3/c1-3-10-19-12-14-13-20-11-9-16(14)21(4-2)17-8-6-5-7-15(17)18/h5-9,11,13,19H,3-4,10,12H2,1-2H3. The van der Waals surface area contributed by atoms with Crippen LogP contribution < -0.4 is 10.2 Å². The van der Waals surface area contributed by atoms with Gasteiger partial charge in [-0.1, -0.05) is 19.1 Å². The number of hydrogen-bond acceptors (Lipinski definition) is 3. The summed E-state index contributed by atoms with van der Waals surface area (Å²) >= 11 is 0. The van der Waals surface area contributed by atoms with Gasteiger partial charge in [0.05, 0.1) is 5.69 Å². The number of benzene rings is 1. The molecule has 0 unspecified atom stereocenters. The second-order valence-corrected chi connectivity index (χ2v) is 4.88. The molecule has 0 atom stereocenters. The van der Waals surface area contributed by atoms with Crippen molar-refractivity contribution in [3.63, 3.8) is 0 Å². The molecule has 1 N–H and O–H groups in total. The number of halogens is 1. The van der Waals surface area contributed by atoms with Crippen LogP contribution in [0.5, 0.6) is 0 Å². The molecule has 0 aliphatic rings. The van der Waals surface area contributed by atoms with Gasteiger partial charge in [0.25, 0.3) is 0 Å². The Morgan fingerprint density at radius 1 is 1.14 bits per heavy atom. The normalized spacial score (nSPS) is 10.6. The van der Waals surface area contributed by atoms with E-state index in [1.54, 1.807) is 12.3 Å². The molecule has 0 radical (unpaired) electrons. The van der Waals surface area contributed by atoms with Gasteiger partial charge in [0.1, 0.15) is 5.82 Å². The molecule has 3 nitrogen and oxygen atoms in total. The van der Waals surface area contributed by atoms with Crippen molar-refractivity contribution in [3.05, 3.63) is 54.1 Å². The first kappa shape index (κ1) is 15.4. The Hall–Kier alpha value is -1.94. The zero-order valence-corrected chi connectivity index (χ0v) is 12.6. The van der Waals surface area contributed by atoms with E-state index in [2.05, 4.69) is 17.2 Å². The number of para-hydroxylation sites is 1. The third kappa shape index (κ3) is 3.79. The predicted octanol–water partition coefficient (Wildman–Crippen LogP) is 3.88. The molecule has 4 heteroatoms. The second kappa shape index (κ2) is 7.74. The largest absolute Gasteiger partial charge is 0.339 e. The zero-order chi connectivity index (χ0) is 15.1. The van der Waals surface area contributed by atoms with E-state index in [0.29, 0.717) is 12.2 Å². The first-order valence-corrected chi connectivity index (χ1v) is 7.43. The molecular weight excluding hydrogens is 265 g/mol. The zero-order valence-electron chi connectivity index (χ0n) is 12.6. The molecule has 1 aromatic heterocycles. The van der Waals surface area contributed by atoms with Crippen LogP contribution in [-0.2, 0) is 6.54 Å². The topological polar surface area (TPSA) is 28.2 Å². The lowest BCUT2D eigenvalue weighted by molar-refractivity contribution is 0.625. The molecule has 0 saturated heterocycles. The number of aromatic nitrogens is 1. The van der Waals surface area contributed by atoms with Gasteiger partial charge < -0.3 is 10.2 Å². The van der Waals surface area contributed by atoms with Crippen LogP contribution in [-0.4, -0.2) is 18.1 Å². The summed E-state index contributed by atoms with van der Waals surface area (Å²) in [5.41, 5.74) is 2.68. The summed E-state index contributed by atoms with van der Waals surface area (Å²) in [5, 5.41) is 3.38. The van der Waals surface area contributed by atoms with Crippen LogP contribution in [0.15, 0.2) is 42.7 Å². The minimum absolute atomic E-state index is 0.205. The van der Waals surface area contributed by atoms with Crippen molar-refractivity contribution in [1.29, 1.82) is 0 Å². The summed E-state index contributed by atoms with van der Waals surface area (Å²) < 4.78 is 14.1. The lowest BCUT2D eigenvalue weighted by Gasteiger charge is -2.26. The maximum Gasteiger partial charge on any atom is 0.146 e. The van der Waals surface area contributed by atoms with Crippen molar-refractivity contribution in [3.8, 4) is 0 Å². The quantitative estimate of drug-likeness (QED) is 0.783. The Bertz CT molecular complexity index is 571. The third-order valence-electron chi connectivity index (χ3n) is 3.37. The Balaban J connectivity index is 2.32. The van der Waals surface area contributed by atoms with Crippen LogP contribution in [0.3, 0.4) is 0 Å². The number of anilines is 2. The fourth-order valence-electron chi connectivity index (χ4n) is 2.36. The molecule has 112 valence electrons. The highest BCUT2D eigenvalue weighted by atomic mass is 19.1. The van der Waals surface area contributed by atoms with Gasteiger partial charge in [-0.05, 0) is 38.1 Å². The number of hydrogen-bond donors (Lipinski definition) is 1. The first-order valence-electron chi connectivity index (χ1n) is 7.43. The first-order chi connectivity index (χ1) is 10.3. The van der Waals surface area contributed by atoms with E-state index < -0.39 is 0 Å². The van der Waals surface area contributed by atoms with Crippen molar-refractivity contribution in [1.82, 2.24) is 10.3 Å². The molecular formula is C17H22FN3. The molecule has 2 aromatic rings. The summed E-state index contributed by atoms with van der Waals surface area (Å²) in [6, 6.07) is 8.82. The number of nitrogens with one attached hydrogen (secondary N) is 1. The van der Waals surface area contributed by atoms with Gasteiger partial charge >= 0.3 is 0 Å². The SMILES string of the molecule is CCCNCc1cnccc1N(CC)c1ccccc1F. The van der Waals surface area contributed by atoms with Crippen LogP contribution in [0.4, 0.5) is 15.8 Å². The highest BCUT2D eigenvalue weighted by Crippen LogP contribution is 2.29. The van der Waals surface area contributed by atoms with E-state index in [1.165, 1.54) is 6.07 Å². The molecule has 0 amide bonds. The van der Waals surface area contributed by atoms with Crippen molar-refractivity contribution < 1.29 is 4.39 Å². The second-order valence-electron chi connectivity index (χ2n) is 4.88. The van der Waals surface area contributed by atoms with Gasteiger partial charge in [-0.25, -0.2) is 4.39 Å². The summed E-state index contributed by atoms with van der Waals surface area (Å²) in [4.78, 5) is 6.18. The Kier molecular flexibility index (Phi) is 5.69. The van der Waals surface area contributed by atoms with Gasteiger partial charge in [-0.2, -0.15) is 0 Å². The highest BCUT2D eigenvalue weighted by molar-refractivity contribution is 5.66. The van der Waals surface area contributed by atoms with E-state index in [4.69, 9.17) is 0 Å². The monoisotopic (exact) mass is 287 g/mol. The van der Waals surface area contributed by atoms with Crippen molar-refractivity contribution in [2.45, 2.75) is 26.8 Å². The lowest BCUT2D eigenvalue weighted by Crippen LogP contribution is -2.22. The lowest BCUT2D eigenvalue weighted by atomic mass is 10.1. The van der Waals surface area contributed by atoms with E-state index in [-0.39, 0.29) is 5.82 Å². The predicted molar refractivity (Wildman–Crippen MR) is 85.3 cm³/mol. The molecule has 0 spiro atoms. The van der Waals surface area contributed by atoms with E-state index in [0.717, 1.165) is 30.8 Å². The molecule has 0 aliphatic heterocycles. The molecule has 21 heavy (non-hydrogen) atoms. The molecule has 1 heterocycles. The van der Waals surface area contributed by atoms with Crippen molar-refractivity contribution in [2.75, 3.05) is 18.0 Å². The molecule has 2 rings (SSSR count). The van der Waals surface area contributed by atoms with Crippen LogP contribution in [0.25, 0.3) is 0 Å². The van der Waals surface area contributed by atoms with Gasteiger partial charge in [-0.15, -0.1) is 0 Å². The maximum atomic E-state index is 14.1. The van der Waals surface area contributed by atoms with Crippen LogP contribution >= 0.6 is 0 Å². The Morgan fingerprint density at radius 2 is 1.95 bits per heavy atom. The van der Waals surface area contributed by atoms with Crippen LogP contribution in [0, 0.1) is 5.82 Å². The molecule has 0 fully saturated rings. The van der Waals surface area contributed by atoms with Gasteiger partial charge in [0.15, 0.2) is 0 Å². The minimum Gasteiger partial charge on any atom is -0.339 e. The van der Waals surface area contributed by atoms with Gasteiger partial charge in [0.2, 0.25) is 0 Å². The molecule has 0 saturated carbocycles. The average molecular weight is 287 g/mol. The maximum absolute atomic E-state index is 14.1. The number of nitrogens with zero attached hydrogens (tertiary/aromatic N) is 2. The number of pyridine rings is 1. The van der Waals surface area contributed by atoms with Crippen LogP contribution in [0.1, 0.15) is 25.8 Å². The molecule has 0 bridgehead atoms. The van der Waals surface area contributed by atoms with E-state index >= 15 is 0 Å². The fraction of sp³-hybridized carbons (Fsp3) is 0.353. The third-order valence-corrected chi connectivity index (χ3v) is 3.37. The summed E-state index contributed by atoms with van der Waals surface area (Å²) in [7, 11) is 0. The van der Waals surface area contributed by atoms with Gasteiger partial charge in [0, 0.05) is 36.7 Å². The summed E-state index contributed by atoms with van der Waals surface area (Å²) in [6.07, 6.45) is 4.68. The fourth-order valence-corrected chi connectivity index (χ4v) is 2.36. The summed E-state index contributed by atoms with van der Waals surface area (Å²) in [5.74, 6) is -0.205. The smallest absolute Gasteiger partial charge is 0.146 e. The molecule has 0 aliphatic carbocycles. The van der Waals surface area contributed by atoms with Crippen LogP contribution in [0.2, 0.25) is 0 Å². The van der Waals surface area contributed by atoms with E-state index in [1.807, 2.05) is 36.2 Å². The highest BCUT2D eigenvalue weighted by Gasteiger charge is 2.14.